The molecule has 0 spiro atoms. The first-order chi connectivity index (χ1) is 10.1. The van der Waals surface area contributed by atoms with Gasteiger partial charge in [0, 0.05) is 24.4 Å². The van der Waals surface area contributed by atoms with Gasteiger partial charge in [-0.3, -0.25) is 4.79 Å². The Morgan fingerprint density at radius 3 is 2.81 bits per heavy atom. The first kappa shape index (κ1) is 15.0. The molecule has 5 nitrogen and oxygen atoms in total. The number of hydrogen-bond donors (Lipinski definition) is 2. The van der Waals surface area contributed by atoms with Gasteiger partial charge in [-0.1, -0.05) is 19.1 Å². The Labute approximate surface area is 124 Å². The van der Waals surface area contributed by atoms with Gasteiger partial charge in [0.15, 0.2) is 0 Å². The van der Waals surface area contributed by atoms with Crippen molar-refractivity contribution in [1.82, 2.24) is 9.97 Å². The van der Waals surface area contributed by atoms with E-state index in [1.807, 2.05) is 30.3 Å². The molecule has 1 aromatic carbocycles. The Hall–Kier alpha value is -2.43. The van der Waals surface area contributed by atoms with Gasteiger partial charge in [-0.15, -0.1) is 0 Å². The number of nitrogens with zero attached hydrogens (tertiary/aromatic N) is 2. The molecule has 0 aliphatic heterocycles. The molecule has 110 valence electrons. The molecular formula is C16H20N4O. The van der Waals surface area contributed by atoms with Gasteiger partial charge in [-0.2, -0.15) is 0 Å². The van der Waals surface area contributed by atoms with Crippen LogP contribution in [0.15, 0.2) is 36.7 Å². The van der Waals surface area contributed by atoms with E-state index in [-0.39, 0.29) is 11.9 Å². The van der Waals surface area contributed by atoms with E-state index in [0.29, 0.717) is 0 Å². The molecule has 2 N–H and O–H groups in total. The third-order valence-corrected chi connectivity index (χ3v) is 3.16. The third-order valence-electron chi connectivity index (χ3n) is 3.16. The molecule has 0 bridgehead atoms. The lowest BCUT2D eigenvalue weighted by Gasteiger charge is -2.16. The number of nitrogens with one attached hydrogen (secondary N) is 2. The van der Waals surface area contributed by atoms with Crippen molar-refractivity contribution in [2.45, 2.75) is 33.2 Å². The summed E-state index contributed by atoms with van der Waals surface area (Å²) >= 11 is 0. The Bertz CT molecular complexity index is 627. The second kappa shape index (κ2) is 6.83. The molecular weight excluding hydrogens is 264 g/mol. The number of aryl methyl sites for hydroxylation is 1. The highest BCUT2D eigenvalue weighted by atomic mass is 16.1. The minimum atomic E-state index is -0.0730. The summed E-state index contributed by atoms with van der Waals surface area (Å²) in [5, 5.41) is 6.14. The molecule has 0 saturated carbocycles. The molecule has 0 fully saturated rings. The SMILES string of the molecule is CCc1cc(NC(C)c2cccc(NC(C)=O)c2)ncn1. The summed E-state index contributed by atoms with van der Waals surface area (Å²) in [6, 6.07) is 9.81. The zero-order valence-electron chi connectivity index (χ0n) is 12.6. The quantitative estimate of drug-likeness (QED) is 0.885. The first-order valence-electron chi connectivity index (χ1n) is 7.03. The minimum Gasteiger partial charge on any atom is -0.363 e. The number of carbonyl (C=O) groups excluding carboxylic acids is 1. The largest absolute Gasteiger partial charge is 0.363 e. The Morgan fingerprint density at radius 1 is 1.29 bits per heavy atom. The predicted octanol–water partition coefficient (Wildman–Crippen LogP) is 3.17. The number of anilines is 2. The van der Waals surface area contributed by atoms with Crippen molar-refractivity contribution in [1.29, 1.82) is 0 Å². The number of hydrogen-bond acceptors (Lipinski definition) is 4. The summed E-state index contributed by atoms with van der Waals surface area (Å²) in [6.45, 7) is 5.62. The molecule has 1 heterocycles. The van der Waals surface area contributed by atoms with E-state index in [0.717, 1.165) is 29.2 Å². The Kier molecular flexibility index (Phi) is 4.87. The molecule has 2 aromatic rings. The van der Waals surface area contributed by atoms with Crippen LogP contribution >= 0.6 is 0 Å². The van der Waals surface area contributed by atoms with E-state index in [9.17, 15) is 4.79 Å². The molecule has 0 saturated heterocycles. The van der Waals surface area contributed by atoms with Crippen LogP contribution in [0.25, 0.3) is 0 Å². The van der Waals surface area contributed by atoms with Crippen molar-refractivity contribution in [3.8, 4) is 0 Å². The highest BCUT2D eigenvalue weighted by Crippen LogP contribution is 2.21. The number of aromatic nitrogens is 2. The maximum atomic E-state index is 11.1. The lowest BCUT2D eigenvalue weighted by atomic mass is 10.1. The summed E-state index contributed by atoms with van der Waals surface area (Å²) in [5.74, 6) is 0.732. The van der Waals surface area contributed by atoms with Crippen LogP contribution < -0.4 is 10.6 Å². The molecule has 21 heavy (non-hydrogen) atoms. The number of benzene rings is 1. The zero-order valence-corrected chi connectivity index (χ0v) is 12.6. The van der Waals surface area contributed by atoms with Crippen molar-refractivity contribution >= 4 is 17.4 Å². The Balaban J connectivity index is 2.12. The van der Waals surface area contributed by atoms with Crippen LogP contribution in [0.5, 0.6) is 0 Å². The highest BCUT2D eigenvalue weighted by Gasteiger charge is 2.08. The van der Waals surface area contributed by atoms with Gasteiger partial charge < -0.3 is 10.6 Å². The van der Waals surface area contributed by atoms with E-state index in [4.69, 9.17) is 0 Å². The fourth-order valence-electron chi connectivity index (χ4n) is 2.06. The standard InChI is InChI=1S/C16H20N4O/c1-4-14-9-16(18-10-17-14)19-11(2)13-6-5-7-15(8-13)20-12(3)21/h5-11H,4H2,1-3H3,(H,20,21)(H,17,18,19). The number of carbonyl (C=O) groups is 1. The maximum absolute atomic E-state index is 11.1. The normalized spacial score (nSPS) is 11.8. The molecule has 0 radical (unpaired) electrons. The van der Waals surface area contributed by atoms with Crippen LogP contribution in [-0.2, 0) is 11.2 Å². The molecule has 1 aromatic heterocycles. The minimum absolute atomic E-state index is 0.0730. The van der Waals surface area contributed by atoms with Crippen molar-refractivity contribution < 1.29 is 4.79 Å². The smallest absolute Gasteiger partial charge is 0.221 e. The van der Waals surface area contributed by atoms with Gasteiger partial charge in [0.1, 0.15) is 12.1 Å². The van der Waals surface area contributed by atoms with E-state index in [1.54, 1.807) is 6.33 Å². The average Bonchev–Trinajstić information content (AvgIpc) is 2.47. The fraction of sp³-hybridized carbons (Fsp3) is 0.312. The van der Waals surface area contributed by atoms with Gasteiger partial charge in [-0.25, -0.2) is 9.97 Å². The van der Waals surface area contributed by atoms with Crippen LogP contribution in [0.2, 0.25) is 0 Å². The van der Waals surface area contributed by atoms with E-state index < -0.39 is 0 Å². The van der Waals surface area contributed by atoms with Crippen LogP contribution in [-0.4, -0.2) is 15.9 Å². The molecule has 1 unspecified atom stereocenters. The van der Waals surface area contributed by atoms with Gasteiger partial charge in [-0.05, 0) is 31.0 Å². The van der Waals surface area contributed by atoms with Crippen molar-refractivity contribution in [2.75, 3.05) is 10.6 Å². The molecule has 5 heteroatoms. The second-order valence-corrected chi connectivity index (χ2v) is 4.92. The summed E-state index contributed by atoms with van der Waals surface area (Å²) in [6.07, 6.45) is 2.45. The van der Waals surface area contributed by atoms with Crippen LogP contribution in [0.3, 0.4) is 0 Å². The second-order valence-electron chi connectivity index (χ2n) is 4.92. The zero-order chi connectivity index (χ0) is 15.2. The summed E-state index contributed by atoms with van der Waals surface area (Å²) in [5.41, 5.74) is 2.88. The molecule has 1 atom stereocenters. The van der Waals surface area contributed by atoms with E-state index in [1.165, 1.54) is 6.92 Å². The van der Waals surface area contributed by atoms with Crippen LogP contribution in [0.1, 0.15) is 38.1 Å². The fourth-order valence-corrected chi connectivity index (χ4v) is 2.06. The average molecular weight is 284 g/mol. The lowest BCUT2D eigenvalue weighted by Crippen LogP contribution is -2.10. The van der Waals surface area contributed by atoms with Gasteiger partial charge in [0.2, 0.25) is 5.91 Å². The summed E-state index contributed by atoms with van der Waals surface area (Å²) < 4.78 is 0. The molecule has 2 rings (SSSR count). The molecule has 1 amide bonds. The summed E-state index contributed by atoms with van der Waals surface area (Å²) in [4.78, 5) is 19.5. The first-order valence-corrected chi connectivity index (χ1v) is 7.03. The Morgan fingerprint density at radius 2 is 2.10 bits per heavy atom. The van der Waals surface area contributed by atoms with Crippen LogP contribution in [0.4, 0.5) is 11.5 Å². The van der Waals surface area contributed by atoms with Crippen molar-refractivity contribution in [3.63, 3.8) is 0 Å². The van der Waals surface area contributed by atoms with Crippen molar-refractivity contribution in [2.24, 2.45) is 0 Å². The van der Waals surface area contributed by atoms with E-state index in [2.05, 4.69) is 34.4 Å². The van der Waals surface area contributed by atoms with Crippen molar-refractivity contribution in [3.05, 3.63) is 47.9 Å². The third kappa shape index (κ3) is 4.27. The van der Waals surface area contributed by atoms with E-state index >= 15 is 0 Å². The number of rotatable bonds is 5. The topological polar surface area (TPSA) is 66.9 Å². The lowest BCUT2D eigenvalue weighted by molar-refractivity contribution is -0.114. The summed E-state index contributed by atoms with van der Waals surface area (Å²) in [7, 11) is 0. The monoisotopic (exact) mass is 284 g/mol. The molecule has 0 aliphatic carbocycles. The maximum Gasteiger partial charge on any atom is 0.221 e. The van der Waals surface area contributed by atoms with Gasteiger partial charge >= 0.3 is 0 Å². The van der Waals surface area contributed by atoms with Gasteiger partial charge in [0.05, 0.1) is 6.04 Å². The highest BCUT2D eigenvalue weighted by molar-refractivity contribution is 5.88. The predicted molar refractivity (Wildman–Crippen MR) is 84.2 cm³/mol. The molecule has 0 aliphatic rings. The van der Waals surface area contributed by atoms with Gasteiger partial charge in [0.25, 0.3) is 0 Å². The van der Waals surface area contributed by atoms with Crippen LogP contribution in [0, 0.1) is 0 Å². The number of amides is 1.